The minimum atomic E-state index is -0.700. The smallest absolute Gasteiger partial charge is 0.117 e. The van der Waals surface area contributed by atoms with Crippen molar-refractivity contribution in [1.29, 1.82) is 0 Å². The third-order valence-corrected chi connectivity index (χ3v) is 4.54. The predicted molar refractivity (Wildman–Crippen MR) is 84.8 cm³/mol. The fraction of sp³-hybridized carbons (Fsp3) is 0.368. The maximum absolute atomic E-state index is 10.6. The van der Waals surface area contributed by atoms with Crippen LogP contribution >= 0.6 is 0 Å². The summed E-state index contributed by atoms with van der Waals surface area (Å²) in [4.78, 5) is 0. The van der Waals surface area contributed by atoms with E-state index in [-0.39, 0.29) is 24.4 Å². The summed E-state index contributed by atoms with van der Waals surface area (Å²) in [6.07, 6.45) is -1.53. The van der Waals surface area contributed by atoms with E-state index in [4.69, 9.17) is 14.2 Å². The molecule has 2 fully saturated rings. The second kappa shape index (κ2) is 6.42. The Morgan fingerprint density at radius 2 is 1.74 bits per heavy atom. The first-order valence-corrected chi connectivity index (χ1v) is 7.98. The Kier molecular flexibility index (Phi) is 4.14. The van der Waals surface area contributed by atoms with Crippen molar-refractivity contribution < 1.29 is 19.3 Å². The number of hydrogen-bond donors (Lipinski definition) is 1. The van der Waals surface area contributed by atoms with Crippen LogP contribution in [0.2, 0.25) is 0 Å². The normalized spacial score (nSPS) is 30.5. The molecule has 2 saturated heterocycles. The lowest BCUT2D eigenvalue weighted by Gasteiger charge is -2.27. The number of ether oxygens (including phenoxy) is 3. The van der Waals surface area contributed by atoms with Crippen molar-refractivity contribution in [3.05, 3.63) is 71.8 Å². The van der Waals surface area contributed by atoms with Gasteiger partial charge in [0.2, 0.25) is 0 Å². The number of fused-ring (bicyclic) bond motifs is 2. The van der Waals surface area contributed by atoms with Crippen molar-refractivity contribution in [2.45, 2.75) is 37.1 Å². The molecule has 2 aromatic carbocycles. The van der Waals surface area contributed by atoms with Crippen LogP contribution in [0.4, 0.5) is 0 Å². The molecule has 120 valence electrons. The molecule has 5 atom stereocenters. The van der Waals surface area contributed by atoms with E-state index < -0.39 is 6.10 Å². The molecule has 0 spiro atoms. The van der Waals surface area contributed by atoms with E-state index in [9.17, 15) is 5.11 Å². The second-order valence-corrected chi connectivity index (χ2v) is 6.05. The zero-order valence-electron chi connectivity index (χ0n) is 12.7. The lowest BCUT2D eigenvalue weighted by Crippen LogP contribution is -2.36. The van der Waals surface area contributed by atoms with Crippen molar-refractivity contribution in [1.82, 2.24) is 0 Å². The number of aliphatic hydroxyl groups is 1. The van der Waals surface area contributed by atoms with E-state index in [1.54, 1.807) is 0 Å². The number of hydrogen-bond acceptors (Lipinski definition) is 4. The fourth-order valence-corrected chi connectivity index (χ4v) is 3.35. The Morgan fingerprint density at radius 3 is 2.48 bits per heavy atom. The van der Waals surface area contributed by atoms with Gasteiger partial charge in [0.1, 0.15) is 30.5 Å². The average molecular weight is 312 g/mol. The molecule has 0 saturated carbocycles. The highest BCUT2D eigenvalue weighted by Crippen LogP contribution is 2.39. The van der Waals surface area contributed by atoms with Gasteiger partial charge in [-0.3, -0.25) is 0 Å². The van der Waals surface area contributed by atoms with Gasteiger partial charge in [-0.1, -0.05) is 60.7 Å². The molecule has 1 N–H and O–H groups in total. The standard InChI is InChI=1S/C19H20O4/c20-16(14-9-5-2-6-10-14)18-19-17(15(23-18)12-22-19)21-11-13-7-3-1-4-8-13/h1-10,15-20H,11-12H2/t15-,16-,17-,18+,19+/m0/s1. The van der Waals surface area contributed by atoms with Gasteiger partial charge in [0.15, 0.2) is 0 Å². The Bertz CT molecular complexity index is 630. The molecular weight excluding hydrogens is 292 g/mol. The summed E-state index contributed by atoms with van der Waals surface area (Å²) in [6.45, 7) is 1.06. The van der Waals surface area contributed by atoms with Gasteiger partial charge in [-0.05, 0) is 11.1 Å². The van der Waals surface area contributed by atoms with E-state index in [1.165, 1.54) is 0 Å². The summed E-state index contributed by atoms with van der Waals surface area (Å²) >= 11 is 0. The Hall–Kier alpha value is -1.72. The highest BCUT2D eigenvalue weighted by Gasteiger charge is 2.54. The van der Waals surface area contributed by atoms with E-state index >= 15 is 0 Å². The van der Waals surface area contributed by atoms with Gasteiger partial charge in [0.05, 0.1) is 13.2 Å². The number of benzene rings is 2. The maximum atomic E-state index is 10.6. The first-order valence-electron chi connectivity index (χ1n) is 7.98. The minimum Gasteiger partial charge on any atom is -0.386 e. The monoisotopic (exact) mass is 312 g/mol. The van der Waals surface area contributed by atoms with E-state index in [1.807, 2.05) is 60.7 Å². The molecule has 23 heavy (non-hydrogen) atoms. The van der Waals surface area contributed by atoms with Crippen molar-refractivity contribution >= 4 is 0 Å². The van der Waals surface area contributed by atoms with Crippen LogP contribution in [-0.4, -0.2) is 36.1 Å². The van der Waals surface area contributed by atoms with Gasteiger partial charge in [-0.2, -0.15) is 0 Å². The van der Waals surface area contributed by atoms with Crippen molar-refractivity contribution in [3.8, 4) is 0 Å². The summed E-state index contributed by atoms with van der Waals surface area (Å²) in [5.74, 6) is 0. The molecule has 4 rings (SSSR count). The number of aliphatic hydroxyl groups excluding tert-OH is 1. The van der Waals surface area contributed by atoms with Crippen molar-refractivity contribution in [3.63, 3.8) is 0 Å². The van der Waals surface area contributed by atoms with Crippen LogP contribution in [0.3, 0.4) is 0 Å². The summed E-state index contributed by atoms with van der Waals surface area (Å²) < 4.78 is 17.8. The second-order valence-electron chi connectivity index (χ2n) is 6.05. The first-order chi connectivity index (χ1) is 11.3. The maximum Gasteiger partial charge on any atom is 0.117 e. The highest BCUT2D eigenvalue weighted by molar-refractivity contribution is 5.20. The molecule has 4 heteroatoms. The van der Waals surface area contributed by atoms with Crippen molar-refractivity contribution in [2.24, 2.45) is 0 Å². The molecular formula is C19H20O4. The number of rotatable bonds is 5. The molecule has 2 aromatic rings. The van der Waals surface area contributed by atoms with Gasteiger partial charge in [0, 0.05) is 0 Å². The molecule has 0 aliphatic carbocycles. The Morgan fingerprint density at radius 1 is 1.04 bits per heavy atom. The predicted octanol–water partition coefficient (Wildman–Crippen LogP) is 2.47. The van der Waals surface area contributed by atoms with Gasteiger partial charge < -0.3 is 19.3 Å². The zero-order chi connectivity index (χ0) is 15.6. The minimum absolute atomic E-state index is 0.105. The van der Waals surface area contributed by atoms with Gasteiger partial charge >= 0.3 is 0 Å². The van der Waals surface area contributed by atoms with Gasteiger partial charge in [-0.25, -0.2) is 0 Å². The van der Waals surface area contributed by atoms with Crippen molar-refractivity contribution in [2.75, 3.05) is 6.61 Å². The van der Waals surface area contributed by atoms with Crippen LogP contribution in [0.15, 0.2) is 60.7 Å². The summed E-state index contributed by atoms with van der Waals surface area (Å²) in [7, 11) is 0. The third-order valence-electron chi connectivity index (χ3n) is 4.54. The van der Waals surface area contributed by atoms with E-state index in [0.29, 0.717) is 13.2 Å². The molecule has 0 aromatic heterocycles. The van der Waals surface area contributed by atoms with Crippen LogP contribution in [0, 0.1) is 0 Å². The molecule has 2 aliphatic heterocycles. The van der Waals surface area contributed by atoms with E-state index in [0.717, 1.165) is 11.1 Å². The van der Waals surface area contributed by atoms with E-state index in [2.05, 4.69) is 0 Å². The lowest BCUT2D eigenvalue weighted by molar-refractivity contribution is -0.137. The third kappa shape index (κ3) is 2.91. The summed E-state index contributed by atoms with van der Waals surface area (Å²) in [5.41, 5.74) is 1.97. The van der Waals surface area contributed by atoms with Gasteiger partial charge in [0.25, 0.3) is 0 Å². The summed E-state index contributed by atoms with van der Waals surface area (Å²) in [6, 6.07) is 19.6. The Balaban J connectivity index is 1.43. The highest BCUT2D eigenvalue weighted by atomic mass is 16.7. The SMILES string of the molecule is O[C@@H](c1ccccc1)[C@H]1O[C@H]2CO[C@@H]1[C@H]2OCc1ccccc1. The topological polar surface area (TPSA) is 47.9 Å². The van der Waals surface area contributed by atoms with Crippen LogP contribution in [0.5, 0.6) is 0 Å². The van der Waals surface area contributed by atoms with Crippen LogP contribution < -0.4 is 0 Å². The lowest BCUT2D eigenvalue weighted by atomic mass is 9.99. The first kappa shape index (κ1) is 14.8. The molecule has 2 aliphatic rings. The van der Waals surface area contributed by atoms with Gasteiger partial charge in [-0.15, -0.1) is 0 Å². The largest absolute Gasteiger partial charge is 0.386 e. The molecule has 2 heterocycles. The quantitative estimate of drug-likeness (QED) is 0.921. The molecule has 4 nitrogen and oxygen atoms in total. The fourth-order valence-electron chi connectivity index (χ4n) is 3.35. The molecule has 0 amide bonds. The molecule has 0 unspecified atom stereocenters. The van der Waals surface area contributed by atoms with Crippen LogP contribution in [0.1, 0.15) is 17.2 Å². The average Bonchev–Trinajstić information content (AvgIpc) is 3.18. The Labute approximate surface area is 135 Å². The van der Waals surface area contributed by atoms with Crippen LogP contribution in [0.25, 0.3) is 0 Å². The van der Waals surface area contributed by atoms with Crippen LogP contribution in [-0.2, 0) is 20.8 Å². The molecule has 2 bridgehead atoms. The zero-order valence-corrected chi connectivity index (χ0v) is 12.7. The summed E-state index contributed by atoms with van der Waals surface area (Å²) in [5, 5.41) is 10.6. The molecule has 0 radical (unpaired) electrons.